The van der Waals surface area contributed by atoms with Crippen molar-refractivity contribution in [1.82, 2.24) is 0 Å². The predicted molar refractivity (Wildman–Crippen MR) is 53.9 cm³/mol. The lowest BCUT2D eigenvalue weighted by atomic mass is 10.3. The summed E-state index contributed by atoms with van der Waals surface area (Å²) in [6.45, 7) is 1.60. The van der Waals surface area contributed by atoms with E-state index in [-0.39, 0.29) is 0 Å². The van der Waals surface area contributed by atoms with Gasteiger partial charge in [-0.15, -0.1) is 0 Å². The van der Waals surface area contributed by atoms with Crippen LogP contribution in [0.5, 0.6) is 11.5 Å². The van der Waals surface area contributed by atoms with Crippen LogP contribution in [-0.2, 0) is 4.79 Å². The molecule has 0 saturated heterocycles. The molecule has 0 radical (unpaired) electrons. The molecule has 14 heavy (non-hydrogen) atoms. The van der Waals surface area contributed by atoms with Crippen LogP contribution in [0.4, 0.5) is 0 Å². The molecule has 0 bridgehead atoms. The van der Waals surface area contributed by atoms with E-state index in [4.69, 9.17) is 21.1 Å². The van der Waals surface area contributed by atoms with Gasteiger partial charge >= 0.3 is 0 Å². The minimum atomic E-state index is -0.634. The first-order chi connectivity index (χ1) is 6.63. The quantitative estimate of drug-likeness (QED) is 0.721. The highest BCUT2D eigenvalue weighted by atomic mass is 35.5. The van der Waals surface area contributed by atoms with Crippen LogP contribution in [0.2, 0.25) is 0 Å². The van der Waals surface area contributed by atoms with E-state index in [9.17, 15) is 4.79 Å². The van der Waals surface area contributed by atoms with Crippen LogP contribution in [-0.4, -0.2) is 18.5 Å². The molecule has 0 heterocycles. The lowest BCUT2D eigenvalue weighted by Crippen LogP contribution is -2.18. The van der Waals surface area contributed by atoms with Gasteiger partial charge in [0.15, 0.2) is 6.10 Å². The predicted octanol–water partition coefficient (Wildman–Crippen LogP) is 2.23. The molecule has 0 fully saturated rings. The fourth-order valence-electron chi connectivity index (χ4n) is 0.905. The van der Waals surface area contributed by atoms with Gasteiger partial charge in [0.2, 0.25) is 0 Å². The molecule has 3 nitrogen and oxygen atoms in total. The van der Waals surface area contributed by atoms with E-state index in [1.807, 2.05) is 0 Å². The summed E-state index contributed by atoms with van der Waals surface area (Å²) in [7, 11) is 1.58. The Balaban J connectivity index is 2.64. The Morgan fingerprint density at radius 1 is 1.29 bits per heavy atom. The second kappa shape index (κ2) is 4.86. The number of hydrogen-bond acceptors (Lipinski definition) is 3. The van der Waals surface area contributed by atoms with Gasteiger partial charge in [0, 0.05) is 0 Å². The van der Waals surface area contributed by atoms with Crippen molar-refractivity contribution in [3.05, 3.63) is 24.3 Å². The van der Waals surface area contributed by atoms with Crippen molar-refractivity contribution in [2.75, 3.05) is 7.11 Å². The lowest BCUT2D eigenvalue weighted by molar-refractivity contribution is -0.117. The number of ether oxygens (including phenoxy) is 2. The van der Waals surface area contributed by atoms with Gasteiger partial charge in [0.1, 0.15) is 11.5 Å². The maximum absolute atomic E-state index is 10.7. The van der Waals surface area contributed by atoms with Crippen molar-refractivity contribution in [1.29, 1.82) is 0 Å². The molecule has 1 aromatic carbocycles. The highest BCUT2D eigenvalue weighted by molar-refractivity contribution is 6.64. The summed E-state index contributed by atoms with van der Waals surface area (Å²) >= 11 is 5.25. The molecule has 0 aliphatic carbocycles. The van der Waals surface area contributed by atoms with Gasteiger partial charge in [-0.2, -0.15) is 0 Å². The molecule has 0 aromatic heterocycles. The molecule has 0 amide bonds. The van der Waals surface area contributed by atoms with Crippen molar-refractivity contribution in [3.8, 4) is 11.5 Å². The topological polar surface area (TPSA) is 35.5 Å². The number of hydrogen-bond donors (Lipinski definition) is 0. The number of halogens is 1. The molecule has 0 aliphatic rings. The van der Waals surface area contributed by atoms with E-state index >= 15 is 0 Å². The van der Waals surface area contributed by atoms with Crippen molar-refractivity contribution >= 4 is 16.8 Å². The van der Waals surface area contributed by atoms with E-state index in [1.165, 1.54) is 0 Å². The first kappa shape index (κ1) is 10.9. The van der Waals surface area contributed by atoms with Crippen molar-refractivity contribution in [3.63, 3.8) is 0 Å². The SMILES string of the molecule is COc1ccc(OC(C)C(=O)Cl)cc1. The summed E-state index contributed by atoms with van der Waals surface area (Å²) in [5.41, 5.74) is 0. The second-order valence-electron chi connectivity index (χ2n) is 2.74. The Hall–Kier alpha value is -1.22. The molecular weight excluding hydrogens is 204 g/mol. The molecule has 0 N–H and O–H groups in total. The Kier molecular flexibility index (Phi) is 3.77. The summed E-state index contributed by atoms with van der Waals surface area (Å²) in [5, 5.41) is -0.513. The maximum Gasteiger partial charge on any atom is 0.262 e. The van der Waals surface area contributed by atoms with Gasteiger partial charge in [-0.05, 0) is 42.8 Å². The average Bonchev–Trinajstić information content (AvgIpc) is 2.19. The van der Waals surface area contributed by atoms with E-state index in [1.54, 1.807) is 38.3 Å². The maximum atomic E-state index is 10.7. The Morgan fingerprint density at radius 2 is 1.79 bits per heavy atom. The van der Waals surface area contributed by atoms with Gasteiger partial charge in [-0.3, -0.25) is 4.79 Å². The van der Waals surface area contributed by atoms with Gasteiger partial charge in [-0.25, -0.2) is 0 Å². The van der Waals surface area contributed by atoms with E-state index in [0.29, 0.717) is 5.75 Å². The van der Waals surface area contributed by atoms with Crippen LogP contribution >= 0.6 is 11.6 Å². The molecule has 4 heteroatoms. The largest absolute Gasteiger partial charge is 0.497 e. The van der Waals surface area contributed by atoms with Crippen LogP contribution in [0.1, 0.15) is 6.92 Å². The van der Waals surface area contributed by atoms with E-state index < -0.39 is 11.3 Å². The molecule has 1 unspecified atom stereocenters. The molecule has 0 saturated carbocycles. The Labute approximate surface area is 87.6 Å². The molecular formula is C10H11ClO3. The van der Waals surface area contributed by atoms with Crippen molar-refractivity contribution < 1.29 is 14.3 Å². The smallest absolute Gasteiger partial charge is 0.262 e. The molecule has 0 aliphatic heterocycles. The summed E-state index contributed by atoms with van der Waals surface area (Å²) in [4.78, 5) is 10.7. The number of benzene rings is 1. The molecule has 1 aromatic rings. The Bertz CT molecular complexity index is 308. The highest BCUT2D eigenvalue weighted by Gasteiger charge is 2.10. The van der Waals surface area contributed by atoms with Gasteiger partial charge in [-0.1, -0.05) is 0 Å². The highest BCUT2D eigenvalue weighted by Crippen LogP contribution is 2.18. The van der Waals surface area contributed by atoms with Crippen LogP contribution in [0, 0.1) is 0 Å². The number of methoxy groups -OCH3 is 1. The first-order valence-electron chi connectivity index (χ1n) is 4.13. The third-order valence-electron chi connectivity index (χ3n) is 1.69. The molecule has 0 spiro atoms. The van der Waals surface area contributed by atoms with Crippen LogP contribution in [0.15, 0.2) is 24.3 Å². The minimum absolute atomic E-state index is 0.513. The zero-order valence-corrected chi connectivity index (χ0v) is 8.75. The average molecular weight is 215 g/mol. The molecule has 1 atom stereocenters. The summed E-state index contributed by atoms with van der Waals surface area (Å²) < 4.78 is 10.2. The zero-order chi connectivity index (χ0) is 10.6. The first-order valence-corrected chi connectivity index (χ1v) is 4.51. The van der Waals surface area contributed by atoms with Crippen molar-refractivity contribution in [2.45, 2.75) is 13.0 Å². The van der Waals surface area contributed by atoms with Gasteiger partial charge < -0.3 is 9.47 Å². The summed E-state index contributed by atoms with van der Waals surface area (Å²) in [6, 6.07) is 6.94. The normalized spacial score (nSPS) is 11.9. The summed E-state index contributed by atoms with van der Waals surface area (Å²) in [6.07, 6.45) is -0.634. The fraction of sp³-hybridized carbons (Fsp3) is 0.300. The zero-order valence-electron chi connectivity index (χ0n) is 7.99. The second-order valence-corrected chi connectivity index (χ2v) is 3.11. The van der Waals surface area contributed by atoms with Crippen LogP contribution in [0.3, 0.4) is 0 Å². The third kappa shape index (κ3) is 2.92. The van der Waals surface area contributed by atoms with Gasteiger partial charge in [0.25, 0.3) is 5.24 Å². The van der Waals surface area contributed by atoms with Crippen LogP contribution in [0.25, 0.3) is 0 Å². The van der Waals surface area contributed by atoms with Gasteiger partial charge in [0.05, 0.1) is 7.11 Å². The third-order valence-corrected chi connectivity index (χ3v) is 2.00. The standard InChI is InChI=1S/C10H11ClO3/c1-7(10(11)12)14-9-5-3-8(13-2)4-6-9/h3-7H,1-2H3. The van der Waals surface area contributed by atoms with E-state index in [0.717, 1.165) is 5.75 Å². The fourth-order valence-corrected chi connectivity index (χ4v) is 0.949. The number of carbonyl (C=O) groups excluding carboxylic acids is 1. The lowest BCUT2D eigenvalue weighted by Gasteiger charge is -2.10. The molecule has 76 valence electrons. The summed E-state index contributed by atoms with van der Waals surface area (Å²) in [5.74, 6) is 1.33. The number of rotatable bonds is 4. The van der Waals surface area contributed by atoms with Crippen LogP contribution < -0.4 is 9.47 Å². The number of carbonyl (C=O) groups is 1. The monoisotopic (exact) mass is 214 g/mol. The van der Waals surface area contributed by atoms with E-state index in [2.05, 4.69) is 0 Å². The van der Waals surface area contributed by atoms with Crippen molar-refractivity contribution in [2.24, 2.45) is 0 Å². The minimum Gasteiger partial charge on any atom is -0.497 e. The molecule has 1 rings (SSSR count). The Morgan fingerprint density at radius 3 is 2.21 bits per heavy atom.